The van der Waals surface area contributed by atoms with Crippen LogP contribution in [0.2, 0.25) is 0 Å². The van der Waals surface area contributed by atoms with E-state index in [2.05, 4.69) is 12.8 Å². The first-order valence-corrected chi connectivity index (χ1v) is 4.76. The highest BCUT2D eigenvalue weighted by atomic mass is 16.5. The summed E-state index contributed by atoms with van der Waals surface area (Å²) in [6.07, 6.45) is 7.07. The smallest absolute Gasteiger partial charge is 0.0611 e. The van der Waals surface area contributed by atoms with Crippen molar-refractivity contribution in [1.29, 1.82) is 0 Å². The first-order chi connectivity index (χ1) is 5.86. The van der Waals surface area contributed by atoms with Gasteiger partial charge in [0.05, 0.1) is 12.2 Å². The predicted octanol–water partition coefficient (Wildman–Crippen LogP) is 2.00. The summed E-state index contributed by atoms with van der Waals surface area (Å²) in [4.78, 5) is 0. The van der Waals surface area contributed by atoms with Crippen LogP contribution in [0.4, 0.5) is 0 Å². The Bertz CT molecular complexity index is 92.4. The Balaban J connectivity index is 2.11. The number of ether oxygens (including phenoxy) is 2. The van der Waals surface area contributed by atoms with E-state index in [-0.39, 0.29) is 0 Å². The molecule has 0 amide bonds. The molecule has 2 heteroatoms. The molecular formula is C10H18O2. The van der Waals surface area contributed by atoms with Gasteiger partial charge in [-0.2, -0.15) is 0 Å². The third-order valence-electron chi connectivity index (χ3n) is 2.02. The van der Waals surface area contributed by atoms with Crippen molar-refractivity contribution in [3.63, 3.8) is 0 Å². The molecule has 0 bridgehead atoms. The molecule has 0 heterocycles. The molecule has 2 unspecified atom stereocenters. The number of hydrogen-bond acceptors (Lipinski definition) is 2. The lowest BCUT2D eigenvalue weighted by Gasteiger charge is -2.27. The zero-order chi connectivity index (χ0) is 8.81. The highest BCUT2D eigenvalue weighted by molar-refractivity contribution is 4.96. The molecule has 1 fully saturated rings. The van der Waals surface area contributed by atoms with Crippen LogP contribution in [0.25, 0.3) is 0 Å². The Morgan fingerprint density at radius 3 is 1.67 bits per heavy atom. The van der Waals surface area contributed by atoms with Crippen LogP contribution in [-0.2, 0) is 9.47 Å². The van der Waals surface area contributed by atoms with Crippen molar-refractivity contribution >= 4 is 0 Å². The van der Waals surface area contributed by atoms with E-state index in [9.17, 15) is 0 Å². The van der Waals surface area contributed by atoms with Crippen molar-refractivity contribution in [2.45, 2.75) is 38.9 Å². The summed E-state index contributed by atoms with van der Waals surface area (Å²) < 4.78 is 10.9. The van der Waals surface area contributed by atoms with Crippen molar-refractivity contribution in [3.05, 3.63) is 12.8 Å². The van der Waals surface area contributed by atoms with E-state index in [0.29, 0.717) is 12.2 Å². The maximum atomic E-state index is 5.47. The topological polar surface area (TPSA) is 18.5 Å². The summed E-state index contributed by atoms with van der Waals surface area (Å²) >= 11 is 0. The van der Waals surface area contributed by atoms with Gasteiger partial charge in [0, 0.05) is 13.2 Å². The molecule has 1 saturated carbocycles. The summed E-state index contributed by atoms with van der Waals surface area (Å²) in [7, 11) is 0. The maximum absolute atomic E-state index is 5.47. The lowest BCUT2D eigenvalue weighted by atomic mass is 9.95. The Morgan fingerprint density at radius 2 is 1.42 bits per heavy atom. The summed E-state index contributed by atoms with van der Waals surface area (Å²) in [6, 6.07) is 0. The van der Waals surface area contributed by atoms with E-state index in [1.54, 1.807) is 0 Å². The van der Waals surface area contributed by atoms with Gasteiger partial charge in [-0.3, -0.25) is 0 Å². The fourth-order valence-corrected chi connectivity index (χ4v) is 1.46. The molecule has 0 N–H and O–H groups in total. The Hall–Kier alpha value is -0.0800. The molecule has 2 atom stereocenters. The third kappa shape index (κ3) is 3.11. The Morgan fingerprint density at radius 1 is 1.00 bits per heavy atom. The minimum absolute atomic E-state index is 0.326. The predicted molar refractivity (Wildman–Crippen MR) is 48.7 cm³/mol. The van der Waals surface area contributed by atoms with Crippen molar-refractivity contribution in [3.8, 4) is 0 Å². The highest BCUT2D eigenvalue weighted by Gasteiger charge is 2.21. The van der Waals surface area contributed by atoms with Crippen LogP contribution >= 0.6 is 0 Å². The van der Waals surface area contributed by atoms with Gasteiger partial charge in [-0.15, -0.1) is 0 Å². The molecule has 1 rings (SSSR count). The van der Waals surface area contributed by atoms with Gasteiger partial charge in [0.1, 0.15) is 0 Å². The van der Waals surface area contributed by atoms with Crippen LogP contribution < -0.4 is 0 Å². The second-order valence-corrected chi connectivity index (χ2v) is 2.93. The summed E-state index contributed by atoms with van der Waals surface area (Å²) in [5.41, 5.74) is 0. The molecule has 0 spiro atoms. The quantitative estimate of drug-likeness (QED) is 0.642. The summed E-state index contributed by atoms with van der Waals surface area (Å²) in [6.45, 7) is 5.66. The molecule has 0 saturated heterocycles. The lowest BCUT2D eigenvalue weighted by Crippen LogP contribution is -2.27. The van der Waals surface area contributed by atoms with Gasteiger partial charge in [0.2, 0.25) is 0 Å². The zero-order valence-electron chi connectivity index (χ0n) is 7.95. The molecule has 2 radical (unpaired) electrons. The average molecular weight is 170 g/mol. The van der Waals surface area contributed by atoms with E-state index in [0.717, 1.165) is 26.1 Å². The summed E-state index contributed by atoms with van der Waals surface area (Å²) in [5.74, 6) is 0. The number of hydrogen-bond donors (Lipinski definition) is 0. The zero-order valence-corrected chi connectivity index (χ0v) is 7.95. The van der Waals surface area contributed by atoms with Crippen LogP contribution in [0.15, 0.2) is 0 Å². The maximum Gasteiger partial charge on any atom is 0.0611 e. The van der Waals surface area contributed by atoms with Gasteiger partial charge < -0.3 is 9.47 Å². The van der Waals surface area contributed by atoms with E-state index >= 15 is 0 Å². The van der Waals surface area contributed by atoms with Crippen LogP contribution in [0.5, 0.6) is 0 Å². The van der Waals surface area contributed by atoms with E-state index < -0.39 is 0 Å². The van der Waals surface area contributed by atoms with E-state index in [4.69, 9.17) is 9.47 Å². The van der Waals surface area contributed by atoms with Crippen molar-refractivity contribution in [1.82, 2.24) is 0 Å². The molecule has 0 aromatic rings. The van der Waals surface area contributed by atoms with Crippen LogP contribution in [-0.4, -0.2) is 25.4 Å². The van der Waals surface area contributed by atoms with Gasteiger partial charge in [0.25, 0.3) is 0 Å². The van der Waals surface area contributed by atoms with Crippen molar-refractivity contribution in [2.75, 3.05) is 13.2 Å². The second kappa shape index (κ2) is 5.55. The minimum Gasteiger partial charge on any atom is -0.378 e. The van der Waals surface area contributed by atoms with Gasteiger partial charge in [-0.05, 0) is 39.5 Å². The fraction of sp³-hybridized carbons (Fsp3) is 0.800. The van der Waals surface area contributed by atoms with Gasteiger partial charge in [-0.1, -0.05) is 0 Å². The molecular weight excluding hydrogens is 152 g/mol. The lowest BCUT2D eigenvalue weighted by molar-refractivity contribution is 0.0289. The van der Waals surface area contributed by atoms with Crippen LogP contribution in [0.1, 0.15) is 26.7 Å². The normalized spacial score (nSPS) is 30.5. The van der Waals surface area contributed by atoms with Gasteiger partial charge >= 0.3 is 0 Å². The molecule has 0 aliphatic heterocycles. The van der Waals surface area contributed by atoms with Crippen LogP contribution in [0, 0.1) is 12.8 Å². The average Bonchev–Trinajstić information content (AvgIpc) is 2.09. The summed E-state index contributed by atoms with van der Waals surface area (Å²) in [5, 5.41) is 0. The standard InChI is InChI=1S/C10H18O2/c1-3-11-9-5-7-10(8-6-9)12-4-2/h5,8-10H,3-4,6-7H2,1-2H3. The van der Waals surface area contributed by atoms with Gasteiger partial charge in [0.15, 0.2) is 0 Å². The van der Waals surface area contributed by atoms with Crippen molar-refractivity contribution in [2.24, 2.45) is 0 Å². The first kappa shape index (κ1) is 10.0. The second-order valence-electron chi connectivity index (χ2n) is 2.93. The largest absolute Gasteiger partial charge is 0.378 e. The monoisotopic (exact) mass is 170 g/mol. The Kier molecular flexibility index (Phi) is 4.62. The fourth-order valence-electron chi connectivity index (χ4n) is 1.46. The molecule has 2 nitrogen and oxygen atoms in total. The van der Waals surface area contributed by atoms with E-state index in [1.807, 2.05) is 13.8 Å². The minimum atomic E-state index is 0.326. The molecule has 1 aliphatic carbocycles. The van der Waals surface area contributed by atoms with Gasteiger partial charge in [-0.25, -0.2) is 0 Å². The highest BCUT2D eigenvalue weighted by Crippen LogP contribution is 2.21. The Labute approximate surface area is 75.2 Å². The molecule has 1 aliphatic rings. The SMILES string of the molecule is CCOC1[CH]CC(OCC)[CH]C1. The first-order valence-electron chi connectivity index (χ1n) is 4.76. The molecule has 0 aromatic heterocycles. The van der Waals surface area contributed by atoms with Crippen molar-refractivity contribution < 1.29 is 9.47 Å². The number of rotatable bonds is 4. The van der Waals surface area contributed by atoms with E-state index in [1.165, 1.54) is 0 Å². The molecule has 0 aromatic carbocycles. The molecule has 70 valence electrons. The van der Waals surface area contributed by atoms with Crippen LogP contribution in [0.3, 0.4) is 0 Å². The molecule has 12 heavy (non-hydrogen) atoms. The third-order valence-corrected chi connectivity index (χ3v) is 2.02.